The fourth-order valence-corrected chi connectivity index (χ4v) is 3.18. The van der Waals surface area contributed by atoms with Gasteiger partial charge in [0.15, 0.2) is 0 Å². The van der Waals surface area contributed by atoms with Crippen molar-refractivity contribution in [3.8, 4) is 0 Å². The van der Waals surface area contributed by atoms with Gasteiger partial charge in [-0.25, -0.2) is 0 Å². The van der Waals surface area contributed by atoms with Gasteiger partial charge in [0.25, 0.3) is 0 Å². The molecule has 0 atom stereocenters. The Labute approximate surface area is 148 Å². The molecule has 0 saturated carbocycles. The fraction of sp³-hybridized carbons (Fsp3) is 0.167. The molecule has 0 aliphatic rings. The number of rotatable bonds is 5. The number of aromatic nitrogens is 1. The Morgan fingerprint density at radius 1 is 1.17 bits per heavy atom. The standard InChI is InChI=1S/C18H16BrClN2O/c19-16-4-2-1-3-12(16)9-18(23)21-8-7-13-11-22-17-10-14(20)5-6-15(13)17/h1-6,10-11,22H,7-9H2,(H,21,23). The molecule has 2 aromatic carbocycles. The molecule has 3 nitrogen and oxygen atoms in total. The first-order valence-electron chi connectivity index (χ1n) is 7.39. The van der Waals surface area contributed by atoms with Gasteiger partial charge in [0.1, 0.15) is 0 Å². The maximum Gasteiger partial charge on any atom is 0.224 e. The highest BCUT2D eigenvalue weighted by Gasteiger charge is 2.07. The van der Waals surface area contributed by atoms with Crippen LogP contribution in [0.3, 0.4) is 0 Å². The molecule has 3 aromatic rings. The molecule has 0 fully saturated rings. The molecule has 0 aliphatic carbocycles. The second kappa shape index (κ2) is 7.20. The minimum absolute atomic E-state index is 0.0276. The zero-order valence-corrected chi connectivity index (χ0v) is 14.7. The highest BCUT2D eigenvalue weighted by atomic mass is 79.9. The van der Waals surface area contributed by atoms with Crippen LogP contribution in [0.25, 0.3) is 10.9 Å². The van der Waals surface area contributed by atoms with E-state index < -0.39 is 0 Å². The van der Waals surface area contributed by atoms with Crippen molar-refractivity contribution in [2.45, 2.75) is 12.8 Å². The summed E-state index contributed by atoms with van der Waals surface area (Å²) in [6, 6.07) is 13.6. The first kappa shape index (κ1) is 16.1. The van der Waals surface area contributed by atoms with E-state index in [9.17, 15) is 4.79 Å². The molecule has 0 saturated heterocycles. The average Bonchev–Trinajstić information content (AvgIpc) is 2.92. The van der Waals surface area contributed by atoms with Crippen molar-refractivity contribution < 1.29 is 4.79 Å². The molecule has 0 aliphatic heterocycles. The molecule has 2 N–H and O–H groups in total. The zero-order valence-electron chi connectivity index (χ0n) is 12.4. The van der Waals surface area contributed by atoms with Crippen LogP contribution in [0.2, 0.25) is 5.02 Å². The second-order valence-electron chi connectivity index (χ2n) is 5.37. The van der Waals surface area contributed by atoms with Crippen molar-refractivity contribution in [3.05, 3.63) is 69.3 Å². The van der Waals surface area contributed by atoms with Gasteiger partial charge < -0.3 is 10.3 Å². The lowest BCUT2D eigenvalue weighted by atomic mass is 10.1. The average molecular weight is 392 g/mol. The number of aromatic amines is 1. The highest BCUT2D eigenvalue weighted by molar-refractivity contribution is 9.10. The number of carbonyl (C=O) groups excluding carboxylic acids is 1. The van der Waals surface area contributed by atoms with Crippen molar-refractivity contribution in [1.29, 1.82) is 0 Å². The largest absolute Gasteiger partial charge is 0.361 e. The van der Waals surface area contributed by atoms with Gasteiger partial charge in [-0.1, -0.05) is 51.8 Å². The number of halogens is 2. The number of hydrogen-bond donors (Lipinski definition) is 2. The smallest absolute Gasteiger partial charge is 0.224 e. The van der Waals surface area contributed by atoms with Gasteiger partial charge in [-0.2, -0.15) is 0 Å². The maximum atomic E-state index is 12.0. The van der Waals surface area contributed by atoms with Crippen LogP contribution in [0.5, 0.6) is 0 Å². The van der Waals surface area contributed by atoms with E-state index in [1.165, 1.54) is 5.56 Å². The molecule has 0 spiro atoms. The summed E-state index contributed by atoms with van der Waals surface area (Å²) in [6.45, 7) is 0.610. The van der Waals surface area contributed by atoms with Crippen LogP contribution in [0.1, 0.15) is 11.1 Å². The summed E-state index contributed by atoms with van der Waals surface area (Å²) in [7, 11) is 0. The molecule has 118 valence electrons. The van der Waals surface area contributed by atoms with Crippen LogP contribution in [0, 0.1) is 0 Å². The minimum atomic E-state index is 0.0276. The first-order chi connectivity index (χ1) is 11.1. The molecule has 0 unspecified atom stereocenters. The third-order valence-electron chi connectivity index (χ3n) is 3.75. The first-order valence-corrected chi connectivity index (χ1v) is 8.56. The van der Waals surface area contributed by atoms with Gasteiger partial charge in [-0.3, -0.25) is 4.79 Å². The summed E-state index contributed by atoms with van der Waals surface area (Å²) in [5.74, 6) is 0.0276. The second-order valence-corrected chi connectivity index (χ2v) is 6.66. The summed E-state index contributed by atoms with van der Waals surface area (Å²) in [6.07, 6.45) is 3.13. The normalized spacial score (nSPS) is 10.9. The number of H-pyrrole nitrogens is 1. The molecule has 1 aromatic heterocycles. The lowest BCUT2D eigenvalue weighted by Crippen LogP contribution is -2.27. The van der Waals surface area contributed by atoms with Crippen LogP contribution >= 0.6 is 27.5 Å². The number of amides is 1. The lowest BCUT2D eigenvalue weighted by molar-refractivity contribution is -0.120. The highest BCUT2D eigenvalue weighted by Crippen LogP contribution is 2.22. The quantitative estimate of drug-likeness (QED) is 0.661. The van der Waals surface area contributed by atoms with Crippen molar-refractivity contribution in [3.63, 3.8) is 0 Å². The van der Waals surface area contributed by atoms with E-state index >= 15 is 0 Å². The van der Waals surface area contributed by atoms with Gasteiger partial charge in [-0.15, -0.1) is 0 Å². The number of hydrogen-bond acceptors (Lipinski definition) is 1. The Balaban J connectivity index is 1.56. The van der Waals surface area contributed by atoms with Crippen LogP contribution in [-0.2, 0) is 17.6 Å². The van der Waals surface area contributed by atoms with Crippen molar-refractivity contribution in [1.82, 2.24) is 10.3 Å². The molecule has 5 heteroatoms. The van der Waals surface area contributed by atoms with E-state index in [4.69, 9.17) is 11.6 Å². The Hall–Kier alpha value is -1.78. The Bertz CT molecular complexity index is 844. The summed E-state index contributed by atoms with van der Waals surface area (Å²) in [5, 5.41) is 4.84. The molecule has 1 heterocycles. The molecular formula is C18H16BrClN2O. The van der Waals surface area contributed by atoms with Gasteiger partial charge in [0, 0.05) is 33.1 Å². The monoisotopic (exact) mass is 390 g/mol. The van der Waals surface area contributed by atoms with Gasteiger partial charge in [0.05, 0.1) is 6.42 Å². The van der Waals surface area contributed by atoms with Crippen LogP contribution in [-0.4, -0.2) is 17.4 Å². The third-order valence-corrected chi connectivity index (χ3v) is 4.76. The Morgan fingerprint density at radius 3 is 2.83 bits per heavy atom. The topological polar surface area (TPSA) is 44.9 Å². The van der Waals surface area contributed by atoms with Crippen molar-refractivity contribution in [2.24, 2.45) is 0 Å². The lowest BCUT2D eigenvalue weighted by Gasteiger charge is -2.06. The molecule has 3 rings (SSSR count). The number of carbonyl (C=O) groups is 1. The van der Waals surface area contributed by atoms with Crippen molar-refractivity contribution >= 4 is 44.3 Å². The molecule has 0 bridgehead atoms. The van der Waals surface area contributed by atoms with Gasteiger partial charge in [0.2, 0.25) is 5.91 Å². The Kier molecular flexibility index (Phi) is 5.03. The van der Waals surface area contributed by atoms with Gasteiger partial charge >= 0.3 is 0 Å². The number of nitrogens with one attached hydrogen (secondary N) is 2. The molecule has 23 heavy (non-hydrogen) atoms. The van der Waals surface area contributed by atoms with Crippen molar-refractivity contribution in [2.75, 3.05) is 6.54 Å². The summed E-state index contributed by atoms with van der Waals surface area (Å²) in [5.41, 5.74) is 3.19. The maximum absolute atomic E-state index is 12.0. The predicted molar refractivity (Wildman–Crippen MR) is 97.9 cm³/mol. The number of benzene rings is 2. The number of fused-ring (bicyclic) bond motifs is 1. The SMILES string of the molecule is O=C(Cc1ccccc1Br)NCCc1c[nH]c2cc(Cl)ccc12. The van der Waals surface area contributed by atoms with Crippen LogP contribution in [0.15, 0.2) is 53.1 Å². The van der Waals surface area contributed by atoms with E-state index in [2.05, 4.69) is 26.2 Å². The van der Waals surface area contributed by atoms with E-state index in [1.54, 1.807) is 0 Å². The van der Waals surface area contributed by atoms with E-state index in [-0.39, 0.29) is 5.91 Å². The molecule has 1 amide bonds. The Morgan fingerprint density at radius 2 is 2.00 bits per heavy atom. The summed E-state index contributed by atoms with van der Waals surface area (Å²) in [4.78, 5) is 15.3. The summed E-state index contributed by atoms with van der Waals surface area (Å²) < 4.78 is 0.962. The molecular weight excluding hydrogens is 376 g/mol. The minimum Gasteiger partial charge on any atom is -0.361 e. The zero-order chi connectivity index (χ0) is 16.2. The van der Waals surface area contributed by atoms with E-state index in [0.29, 0.717) is 18.0 Å². The van der Waals surface area contributed by atoms with Gasteiger partial charge in [-0.05, 0) is 35.7 Å². The van der Waals surface area contributed by atoms with E-state index in [0.717, 1.165) is 27.4 Å². The van der Waals surface area contributed by atoms with Crippen LogP contribution in [0.4, 0.5) is 0 Å². The van der Waals surface area contributed by atoms with Crippen LogP contribution < -0.4 is 5.32 Å². The summed E-state index contributed by atoms with van der Waals surface area (Å²) >= 11 is 9.45. The molecule has 0 radical (unpaired) electrons. The predicted octanol–water partition coefficient (Wildman–Crippen LogP) is 4.49. The van der Waals surface area contributed by atoms with E-state index in [1.807, 2.05) is 48.7 Å². The fourth-order valence-electron chi connectivity index (χ4n) is 2.58. The third kappa shape index (κ3) is 3.95.